The van der Waals surface area contributed by atoms with Gasteiger partial charge in [-0.2, -0.15) is 0 Å². The van der Waals surface area contributed by atoms with Crippen LogP contribution >= 0.6 is 0 Å². The Balaban J connectivity index is 3.38. The van der Waals surface area contributed by atoms with Crippen molar-refractivity contribution in [2.45, 2.75) is 51.5 Å². The van der Waals surface area contributed by atoms with E-state index in [1.54, 1.807) is 0 Å². The molecule has 0 rings (SSSR count). The first kappa shape index (κ1) is 13.8. The van der Waals surface area contributed by atoms with Gasteiger partial charge in [0.05, 0.1) is 6.54 Å². The molecule has 0 aliphatic carbocycles. The second kappa shape index (κ2) is 9.34. The van der Waals surface area contributed by atoms with E-state index in [9.17, 15) is 8.78 Å². The maximum absolute atomic E-state index is 11.9. The first-order valence-corrected chi connectivity index (χ1v) is 5.42. The number of unbranched alkanes of at least 4 members (excludes halogenated alkanes) is 3. The molecule has 0 saturated heterocycles. The van der Waals surface area contributed by atoms with E-state index in [1.807, 2.05) is 0 Å². The average molecular weight is 208 g/mol. The molecule has 0 amide bonds. The molecule has 0 saturated carbocycles. The van der Waals surface area contributed by atoms with Crippen LogP contribution in [0.5, 0.6) is 0 Å². The van der Waals surface area contributed by atoms with E-state index >= 15 is 0 Å². The number of alkyl halides is 2. The van der Waals surface area contributed by atoms with Crippen LogP contribution < -0.4 is 11.1 Å². The fourth-order valence-electron chi connectivity index (χ4n) is 1.38. The highest BCUT2D eigenvalue weighted by molar-refractivity contribution is 4.67. The summed E-state index contributed by atoms with van der Waals surface area (Å²) >= 11 is 0. The Hall–Kier alpha value is -0.220. The van der Waals surface area contributed by atoms with E-state index in [0.717, 1.165) is 12.8 Å². The predicted octanol–water partition coefficient (Wildman–Crippen LogP) is 2.14. The van der Waals surface area contributed by atoms with E-state index in [-0.39, 0.29) is 12.6 Å². The third kappa shape index (κ3) is 8.38. The molecule has 0 aromatic rings. The fourth-order valence-corrected chi connectivity index (χ4v) is 1.38. The molecule has 1 unspecified atom stereocenters. The Morgan fingerprint density at radius 1 is 1.21 bits per heavy atom. The first-order valence-electron chi connectivity index (χ1n) is 5.42. The van der Waals surface area contributed by atoms with Crippen molar-refractivity contribution in [3.05, 3.63) is 0 Å². The molecule has 0 aromatic carbocycles. The quantitative estimate of drug-likeness (QED) is 0.570. The Morgan fingerprint density at radius 2 is 1.93 bits per heavy atom. The van der Waals surface area contributed by atoms with Gasteiger partial charge in [-0.05, 0) is 6.42 Å². The van der Waals surface area contributed by atoms with E-state index in [4.69, 9.17) is 5.73 Å². The number of nitrogens with one attached hydrogen (secondary N) is 1. The number of rotatable bonds is 9. The van der Waals surface area contributed by atoms with Crippen LogP contribution in [-0.4, -0.2) is 25.6 Å². The highest BCUT2D eigenvalue weighted by atomic mass is 19.3. The van der Waals surface area contributed by atoms with Crippen molar-refractivity contribution in [2.75, 3.05) is 13.1 Å². The van der Waals surface area contributed by atoms with Gasteiger partial charge in [0, 0.05) is 12.6 Å². The summed E-state index contributed by atoms with van der Waals surface area (Å²) < 4.78 is 23.7. The molecule has 0 aliphatic rings. The molecular formula is C10H22F2N2. The Kier molecular flexibility index (Phi) is 9.19. The monoisotopic (exact) mass is 208 g/mol. The van der Waals surface area contributed by atoms with E-state index in [2.05, 4.69) is 12.2 Å². The van der Waals surface area contributed by atoms with Crippen LogP contribution in [0.15, 0.2) is 0 Å². The van der Waals surface area contributed by atoms with Gasteiger partial charge in [0.25, 0.3) is 6.43 Å². The largest absolute Gasteiger partial charge is 0.329 e. The van der Waals surface area contributed by atoms with Gasteiger partial charge in [0.15, 0.2) is 0 Å². The van der Waals surface area contributed by atoms with Crippen molar-refractivity contribution >= 4 is 0 Å². The zero-order valence-corrected chi connectivity index (χ0v) is 8.94. The molecule has 0 aliphatic heterocycles. The summed E-state index contributed by atoms with van der Waals surface area (Å²) in [7, 11) is 0. The number of hydrogen-bond acceptors (Lipinski definition) is 2. The molecule has 14 heavy (non-hydrogen) atoms. The molecule has 0 spiro atoms. The van der Waals surface area contributed by atoms with Gasteiger partial charge in [0.1, 0.15) is 0 Å². The topological polar surface area (TPSA) is 38.0 Å². The lowest BCUT2D eigenvalue weighted by Gasteiger charge is -2.16. The second-order valence-corrected chi connectivity index (χ2v) is 3.58. The van der Waals surface area contributed by atoms with Gasteiger partial charge >= 0.3 is 0 Å². The van der Waals surface area contributed by atoms with E-state index < -0.39 is 6.43 Å². The fraction of sp³-hybridized carbons (Fsp3) is 1.00. The molecule has 4 heteroatoms. The third-order valence-corrected chi connectivity index (χ3v) is 2.25. The Labute approximate surface area is 85.2 Å². The molecule has 1 atom stereocenters. The SMILES string of the molecule is CCCCCCC(CN)NCC(F)F. The van der Waals surface area contributed by atoms with Gasteiger partial charge in [-0.1, -0.05) is 32.6 Å². The molecule has 0 bridgehead atoms. The lowest BCUT2D eigenvalue weighted by molar-refractivity contribution is 0.140. The van der Waals surface area contributed by atoms with Crippen molar-refractivity contribution in [3.8, 4) is 0 Å². The van der Waals surface area contributed by atoms with Gasteiger partial charge < -0.3 is 11.1 Å². The summed E-state index contributed by atoms with van der Waals surface area (Å²) in [4.78, 5) is 0. The summed E-state index contributed by atoms with van der Waals surface area (Å²) in [6.45, 7) is 2.35. The third-order valence-electron chi connectivity index (χ3n) is 2.25. The predicted molar refractivity (Wildman–Crippen MR) is 55.6 cm³/mol. The zero-order chi connectivity index (χ0) is 10.8. The van der Waals surface area contributed by atoms with Gasteiger partial charge in [-0.3, -0.25) is 0 Å². The molecule has 86 valence electrons. The van der Waals surface area contributed by atoms with Crippen molar-refractivity contribution in [2.24, 2.45) is 5.73 Å². The maximum atomic E-state index is 11.9. The molecule has 3 N–H and O–H groups in total. The maximum Gasteiger partial charge on any atom is 0.250 e. The molecular weight excluding hydrogens is 186 g/mol. The summed E-state index contributed by atoms with van der Waals surface area (Å²) in [5, 5.41) is 2.77. The Bertz CT molecular complexity index is 121. The van der Waals surface area contributed by atoms with Gasteiger partial charge in [0.2, 0.25) is 0 Å². The van der Waals surface area contributed by atoms with Crippen LogP contribution in [0.25, 0.3) is 0 Å². The summed E-state index contributed by atoms with van der Waals surface area (Å²) in [5.41, 5.74) is 5.47. The van der Waals surface area contributed by atoms with Crippen LogP contribution in [0.1, 0.15) is 39.0 Å². The minimum atomic E-state index is -2.28. The highest BCUT2D eigenvalue weighted by Gasteiger charge is 2.08. The zero-order valence-electron chi connectivity index (χ0n) is 8.94. The summed E-state index contributed by atoms with van der Waals surface area (Å²) in [6, 6.07) is 0.0563. The standard InChI is InChI=1S/C10H22F2N2/c1-2-3-4-5-6-9(7-13)14-8-10(11)12/h9-10,14H,2-8,13H2,1H3. The van der Waals surface area contributed by atoms with Gasteiger partial charge in [-0.15, -0.1) is 0 Å². The summed E-state index contributed by atoms with van der Waals surface area (Å²) in [5.74, 6) is 0. The molecule has 0 fully saturated rings. The normalized spacial score (nSPS) is 13.5. The van der Waals surface area contributed by atoms with Crippen LogP contribution in [-0.2, 0) is 0 Å². The minimum absolute atomic E-state index is 0.0563. The van der Waals surface area contributed by atoms with Crippen molar-refractivity contribution in [1.29, 1.82) is 0 Å². The molecule has 0 heterocycles. The number of halogens is 2. The van der Waals surface area contributed by atoms with Gasteiger partial charge in [-0.25, -0.2) is 8.78 Å². The smallest absolute Gasteiger partial charge is 0.250 e. The Morgan fingerprint density at radius 3 is 2.43 bits per heavy atom. The average Bonchev–Trinajstić information content (AvgIpc) is 2.16. The summed E-state index contributed by atoms with van der Waals surface area (Å²) in [6.07, 6.45) is 3.28. The molecule has 0 aromatic heterocycles. The van der Waals surface area contributed by atoms with Crippen molar-refractivity contribution in [1.82, 2.24) is 5.32 Å². The van der Waals surface area contributed by atoms with Crippen molar-refractivity contribution < 1.29 is 8.78 Å². The van der Waals surface area contributed by atoms with Crippen LogP contribution in [0, 0.1) is 0 Å². The lowest BCUT2D eigenvalue weighted by atomic mass is 10.1. The van der Waals surface area contributed by atoms with Crippen molar-refractivity contribution in [3.63, 3.8) is 0 Å². The van der Waals surface area contributed by atoms with E-state index in [1.165, 1.54) is 19.3 Å². The van der Waals surface area contributed by atoms with E-state index in [0.29, 0.717) is 6.54 Å². The second-order valence-electron chi connectivity index (χ2n) is 3.58. The molecule has 2 nitrogen and oxygen atoms in total. The van der Waals surface area contributed by atoms with Crippen LogP contribution in [0.3, 0.4) is 0 Å². The van der Waals surface area contributed by atoms with Crippen LogP contribution in [0.4, 0.5) is 8.78 Å². The highest BCUT2D eigenvalue weighted by Crippen LogP contribution is 2.05. The first-order chi connectivity index (χ1) is 6.70. The number of hydrogen-bond donors (Lipinski definition) is 2. The van der Waals surface area contributed by atoms with Crippen LogP contribution in [0.2, 0.25) is 0 Å². The number of nitrogens with two attached hydrogens (primary N) is 1. The minimum Gasteiger partial charge on any atom is -0.329 e. The lowest BCUT2D eigenvalue weighted by Crippen LogP contribution is -2.38. The molecule has 0 radical (unpaired) electrons.